The van der Waals surface area contributed by atoms with Gasteiger partial charge in [-0.25, -0.2) is 4.39 Å². The summed E-state index contributed by atoms with van der Waals surface area (Å²) in [6.07, 6.45) is 4.85. The molecule has 0 aliphatic heterocycles. The number of nitrogens with zero attached hydrogens (tertiary/aromatic N) is 2. The van der Waals surface area contributed by atoms with Gasteiger partial charge in [-0.1, -0.05) is 0 Å². The maximum atomic E-state index is 13.3. The van der Waals surface area contributed by atoms with Gasteiger partial charge in [-0.15, -0.1) is 11.3 Å². The summed E-state index contributed by atoms with van der Waals surface area (Å²) in [5.74, 6) is -0.878. The van der Waals surface area contributed by atoms with Crippen LogP contribution in [0.1, 0.15) is 41.0 Å². The molecule has 2 aromatic rings. The van der Waals surface area contributed by atoms with Crippen LogP contribution in [0.15, 0.2) is 17.6 Å². The molecule has 9 heteroatoms. The number of aryl methyl sites for hydroxylation is 1. The van der Waals surface area contributed by atoms with Crippen molar-refractivity contribution in [1.29, 1.82) is 0 Å². The number of thiophene rings is 1. The third-order valence-electron chi connectivity index (χ3n) is 3.96. The fraction of sp³-hybridized carbons (Fsp3) is 0.467. The molecule has 2 heterocycles. The topological polar surface area (TPSA) is 99.8 Å². The minimum absolute atomic E-state index is 0.00225. The third-order valence-corrected chi connectivity index (χ3v) is 4.85. The summed E-state index contributed by atoms with van der Waals surface area (Å²) >= 11 is 1.08. The second-order valence-corrected chi connectivity index (χ2v) is 6.73. The first-order chi connectivity index (χ1) is 11.6. The lowest BCUT2D eigenvalue weighted by Crippen LogP contribution is -2.53. The van der Waals surface area contributed by atoms with Crippen molar-refractivity contribution in [3.8, 4) is 0 Å². The molecule has 7 nitrogen and oxygen atoms in total. The zero-order valence-electron chi connectivity index (χ0n) is 12.9. The van der Waals surface area contributed by atoms with E-state index in [9.17, 15) is 14.0 Å². The van der Waals surface area contributed by atoms with Gasteiger partial charge in [0.05, 0.1) is 11.9 Å². The van der Waals surface area contributed by atoms with Gasteiger partial charge in [0.2, 0.25) is 5.91 Å². The lowest BCUT2D eigenvalue weighted by atomic mass is 9.86. The molecule has 3 rings (SSSR count). The van der Waals surface area contributed by atoms with E-state index in [1.807, 2.05) is 0 Å². The fourth-order valence-corrected chi connectivity index (χ4v) is 3.31. The normalized spacial score (nSPS) is 19.5. The molecule has 0 radical (unpaired) electrons. The summed E-state index contributed by atoms with van der Waals surface area (Å²) in [7, 11) is 0. The zero-order valence-corrected chi connectivity index (χ0v) is 13.7. The van der Waals surface area contributed by atoms with Crippen LogP contribution in [0.4, 0.5) is 4.39 Å². The van der Waals surface area contributed by atoms with Crippen LogP contribution in [0, 0.1) is 5.82 Å². The summed E-state index contributed by atoms with van der Waals surface area (Å²) < 4.78 is 13.3. The van der Waals surface area contributed by atoms with Crippen LogP contribution in [0.5, 0.6) is 0 Å². The van der Waals surface area contributed by atoms with Gasteiger partial charge in [-0.3, -0.25) is 9.59 Å². The van der Waals surface area contributed by atoms with Gasteiger partial charge in [0.15, 0.2) is 0 Å². The number of carbonyl (C=O) groups excluding carboxylic acids is 2. The summed E-state index contributed by atoms with van der Waals surface area (Å²) in [4.78, 5) is 23.8. The lowest BCUT2D eigenvalue weighted by molar-refractivity contribution is -0.122. The average Bonchev–Trinajstić information content (AvgIpc) is 3.16. The molecule has 24 heavy (non-hydrogen) atoms. The van der Waals surface area contributed by atoms with Crippen molar-refractivity contribution in [2.45, 2.75) is 44.2 Å². The Morgan fingerprint density at radius 3 is 2.79 bits per heavy atom. The molecular formula is C15H18FN5O2S. The van der Waals surface area contributed by atoms with Crippen LogP contribution in [0.3, 0.4) is 0 Å². The molecule has 1 aliphatic rings. The second kappa shape index (κ2) is 7.52. The number of amides is 2. The van der Waals surface area contributed by atoms with Gasteiger partial charge in [-0.2, -0.15) is 15.4 Å². The first-order valence-electron chi connectivity index (χ1n) is 7.79. The van der Waals surface area contributed by atoms with E-state index < -0.39 is 5.82 Å². The molecule has 0 unspecified atom stereocenters. The first-order valence-corrected chi connectivity index (χ1v) is 8.67. The molecule has 2 aromatic heterocycles. The van der Waals surface area contributed by atoms with Crippen LogP contribution in [0.25, 0.3) is 0 Å². The van der Waals surface area contributed by atoms with E-state index in [0.717, 1.165) is 17.0 Å². The van der Waals surface area contributed by atoms with Crippen molar-refractivity contribution in [3.05, 3.63) is 34.0 Å². The molecule has 0 atom stereocenters. The highest BCUT2D eigenvalue weighted by atomic mass is 32.1. The standard InChI is InChI=1S/C15H18FN5O2S/c16-12-4-5-24-14(12)15(23)19-11-6-10(7-11)18-13(22)3-1-2-9-8-17-21-20-9/h4-5,8,10-11H,1-3,6-7H2,(H,18,22)(H,19,23)(H,17,20,21). The number of aromatic nitrogens is 3. The monoisotopic (exact) mass is 351 g/mol. The number of nitrogens with one attached hydrogen (secondary N) is 3. The number of halogens is 1. The van der Waals surface area contributed by atoms with Gasteiger partial charge in [0, 0.05) is 18.5 Å². The maximum Gasteiger partial charge on any atom is 0.264 e. The SMILES string of the molecule is O=C(CCCc1cn[nH]n1)NC1CC(NC(=O)c2sccc2F)C1. The Kier molecular flexibility index (Phi) is 5.19. The Labute approximate surface area is 142 Å². The van der Waals surface area contributed by atoms with Crippen LogP contribution in [0.2, 0.25) is 0 Å². The van der Waals surface area contributed by atoms with E-state index in [2.05, 4.69) is 26.0 Å². The van der Waals surface area contributed by atoms with Crippen molar-refractivity contribution >= 4 is 23.2 Å². The molecule has 3 N–H and O–H groups in total. The molecule has 0 bridgehead atoms. The fourth-order valence-electron chi connectivity index (χ4n) is 2.64. The smallest absolute Gasteiger partial charge is 0.264 e. The van der Waals surface area contributed by atoms with Crippen LogP contribution in [-0.2, 0) is 11.2 Å². The summed E-state index contributed by atoms with van der Waals surface area (Å²) in [6, 6.07) is 1.34. The van der Waals surface area contributed by atoms with E-state index in [0.29, 0.717) is 32.1 Å². The van der Waals surface area contributed by atoms with E-state index in [4.69, 9.17) is 0 Å². The van der Waals surface area contributed by atoms with Crippen molar-refractivity contribution < 1.29 is 14.0 Å². The molecule has 0 aromatic carbocycles. The predicted molar refractivity (Wildman–Crippen MR) is 86.0 cm³/mol. The van der Waals surface area contributed by atoms with Gasteiger partial charge in [0.1, 0.15) is 10.7 Å². The van der Waals surface area contributed by atoms with Crippen LogP contribution >= 0.6 is 11.3 Å². The van der Waals surface area contributed by atoms with Crippen molar-refractivity contribution in [1.82, 2.24) is 26.0 Å². The zero-order chi connectivity index (χ0) is 16.9. The molecule has 1 fully saturated rings. The minimum Gasteiger partial charge on any atom is -0.353 e. The highest BCUT2D eigenvalue weighted by Gasteiger charge is 2.32. The number of hydrogen-bond acceptors (Lipinski definition) is 5. The molecule has 128 valence electrons. The van der Waals surface area contributed by atoms with Gasteiger partial charge >= 0.3 is 0 Å². The number of carbonyl (C=O) groups is 2. The largest absolute Gasteiger partial charge is 0.353 e. The minimum atomic E-state index is -0.492. The molecular weight excluding hydrogens is 333 g/mol. The number of aromatic amines is 1. The molecule has 0 saturated heterocycles. The second-order valence-electron chi connectivity index (χ2n) is 5.82. The third kappa shape index (κ3) is 4.16. The van der Waals surface area contributed by atoms with Crippen molar-refractivity contribution in [3.63, 3.8) is 0 Å². The molecule has 1 saturated carbocycles. The van der Waals surface area contributed by atoms with Crippen molar-refractivity contribution in [2.75, 3.05) is 0 Å². The summed E-state index contributed by atoms with van der Waals surface area (Å²) in [5, 5.41) is 17.5. The Morgan fingerprint density at radius 2 is 2.12 bits per heavy atom. The van der Waals surface area contributed by atoms with E-state index >= 15 is 0 Å². The lowest BCUT2D eigenvalue weighted by Gasteiger charge is -2.36. The number of rotatable bonds is 7. The Hall–Kier alpha value is -2.29. The average molecular weight is 351 g/mol. The van der Waals surface area contributed by atoms with Gasteiger partial charge < -0.3 is 10.6 Å². The summed E-state index contributed by atoms with van der Waals surface area (Å²) in [5.41, 5.74) is 0.843. The summed E-state index contributed by atoms with van der Waals surface area (Å²) in [6.45, 7) is 0. The maximum absolute atomic E-state index is 13.3. The van der Waals surface area contributed by atoms with Crippen LogP contribution < -0.4 is 10.6 Å². The Bertz CT molecular complexity index is 697. The highest BCUT2D eigenvalue weighted by molar-refractivity contribution is 7.12. The molecule has 2 amide bonds. The van der Waals surface area contributed by atoms with Gasteiger partial charge in [0.25, 0.3) is 5.91 Å². The Balaban J connectivity index is 1.31. The van der Waals surface area contributed by atoms with Crippen LogP contribution in [-0.4, -0.2) is 39.3 Å². The van der Waals surface area contributed by atoms with Gasteiger partial charge in [-0.05, 0) is 37.1 Å². The van der Waals surface area contributed by atoms with E-state index in [-0.39, 0.29) is 28.8 Å². The number of H-pyrrole nitrogens is 1. The first kappa shape index (κ1) is 16.6. The Morgan fingerprint density at radius 1 is 1.33 bits per heavy atom. The molecule has 1 aliphatic carbocycles. The van der Waals surface area contributed by atoms with E-state index in [1.54, 1.807) is 11.6 Å². The quantitative estimate of drug-likeness (QED) is 0.702. The molecule has 0 spiro atoms. The van der Waals surface area contributed by atoms with Crippen molar-refractivity contribution in [2.24, 2.45) is 0 Å². The number of hydrogen-bond donors (Lipinski definition) is 3. The highest BCUT2D eigenvalue weighted by Crippen LogP contribution is 2.22. The predicted octanol–water partition coefficient (Wildman–Crippen LogP) is 1.41. The van der Waals surface area contributed by atoms with E-state index in [1.165, 1.54) is 6.07 Å².